The maximum atomic E-state index is 11.9. The molecule has 1 amide bonds. The molecule has 1 fully saturated rings. The van der Waals surface area contributed by atoms with Gasteiger partial charge in [-0.3, -0.25) is 9.59 Å². The molecule has 0 spiro atoms. The topological polar surface area (TPSA) is 103 Å². The van der Waals surface area contributed by atoms with E-state index in [4.69, 9.17) is 30.5 Å². The molecule has 2 N–H and O–H groups in total. The molecule has 5 atom stereocenters. The fourth-order valence-corrected chi connectivity index (χ4v) is 4.05. The molecule has 0 saturated carbocycles. The summed E-state index contributed by atoms with van der Waals surface area (Å²) in [7, 11) is -1.38. The highest BCUT2D eigenvalue weighted by atomic mass is 35.5. The van der Waals surface area contributed by atoms with Gasteiger partial charge in [0.1, 0.15) is 24.1 Å². The molecule has 1 aromatic rings. The van der Waals surface area contributed by atoms with Crippen LogP contribution in [0.15, 0.2) is 30.3 Å². The molecular formula is C22H34ClNO7Si. The Balaban J connectivity index is 2.14. The minimum atomic E-state index is -1.38. The van der Waals surface area contributed by atoms with Crippen LogP contribution >= 0.6 is 11.6 Å². The van der Waals surface area contributed by atoms with Gasteiger partial charge in [0.05, 0.1) is 13.2 Å². The molecule has 0 unspecified atom stereocenters. The van der Waals surface area contributed by atoms with Gasteiger partial charge in [0, 0.05) is 21.6 Å². The van der Waals surface area contributed by atoms with Crippen LogP contribution in [0.25, 0.3) is 0 Å². The Morgan fingerprint density at radius 1 is 1.22 bits per heavy atom. The molecule has 0 aromatic heterocycles. The maximum absolute atomic E-state index is 11.9. The Bertz CT molecular complexity index is 731. The van der Waals surface area contributed by atoms with Crippen LogP contribution in [0.1, 0.15) is 12.5 Å². The van der Waals surface area contributed by atoms with Crippen LogP contribution < -0.4 is 5.32 Å². The number of benzene rings is 1. The fourth-order valence-electron chi connectivity index (χ4n) is 3.26. The second kappa shape index (κ2) is 12.7. The molecule has 2 rings (SSSR count). The standard InChI is InChI=1S/C22H34ClNO7Si/c1-15(25)24-19-21(31-18(26)12-23)20(27)17(14-28-13-16-8-6-5-7-9-16)30-22(19)29-10-11-32(2,3)4/h5-9,17,19-22,27H,10-14H2,1-4H3,(H,24,25)/t17-,19-,20-,21-,22-/m1/s1. The molecule has 8 nitrogen and oxygen atoms in total. The van der Waals surface area contributed by atoms with E-state index in [2.05, 4.69) is 25.0 Å². The Hall–Kier alpha value is -1.49. The zero-order valence-electron chi connectivity index (χ0n) is 19.1. The van der Waals surface area contributed by atoms with Crippen LogP contribution in [-0.2, 0) is 35.1 Å². The number of aliphatic hydroxyl groups is 1. The lowest BCUT2D eigenvalue weighted by Gasteiger charge is -2.44. The van der Waals surface area contributed by atoms with Crippen molar-refractivity contribution in [1.29, 1.82) is 0 Å². The van der Waals surface area contributed by atoms with Gasteiger partial charge in [-0.05, 0) is 11.6 Å². The van der Waals surface area contributed by atoms with Gasteiger partial charge in [-0.15, -0.1) is 11.6 Å². The van der Waals surface area contributed by atoms with Crippen LogP contribution in [-0.4, -0.2) is 74.8 Å². The Labute approximate surface area is 195 Å². The number of ether oxygens (including phenoxy) is 4. The van der Waals surface area contributed by atoms with Crippen LogP contribution in [0.4, 0.5) is 0 Å². The molecule has 1 saturated heterocycles. The number of carbonyl (C=O) groups excluding carboxylic acids is 2. The van der Waals surface area contributed by atoms with Crippen LogP contribution in [0, 0.1) is 0 Å². The first-order valence-electron chi connectivity index (χ1n) is 10.7. The highest BCUT2D eigenvalue weighted by molar-refractivity contribution is 6.76. The monoisotopic (exact) mass is 487 g/mol. The fraction of sp³-hybridized carbons (Fsp3) is 0.636. The number of hydrogen-bond donors (Lipinski definition) is 2. The summed E-state index contributed by atoms with van der Waals surface area (Å²) in [6.07, 6.45) is -4.08. The third kappa shape index (κ3) is 8.80. The van der Waals surface area contributed by atoms with Gasteiger partial charge in [0.15, 0.2) is 12.4 Å². The highest BCUT2D eigenvalue weighted by Gasteiger charge is 2.48. The number of rotatable bonds is 11. The minimum Gasteiger partial charge on any atom is -0.456 e. The number of aliphatic hydroxyl groups excluding tert-OH is 1. The van der Waals surface area contributed by atoms with E-state index in [-0.39, 0.29) is 18.4 Å². The lowest BCUT2D eigenvalue weighted by molar-refractivity contribution is -0.274. The molecule has 0 aliphatic carbocycles. The molecule has 32 heavy (non-hydrogen) atoms. The summed E-state index contributed by atoms with van der Waals surface area (Å²) < 4.78 is 23.1. The van der Waals surface area contributed by atoms with Gasteiger partial charge >= 0.3 is 5.97 Å². The van der Waals surface area contributed by atoms with Crippen molar-refractivity contribution in [3.05, 3.63) is 35.9 Å². The third-order valence-corrected chi connectivity index (χ3v) is 6.87. The SMILES string of the molecule is CC(=O)N[C@H]1[C@H](OCC[Si](C)(C)C)O[C@H](COCc2ccccc2)[C@@H](O)[C@@H]1OC(=O)CCl. The zero-order chi connectivity index (χ0) is 23.7. The first-order valence-corrected chi connectivity index (χ1v) is 14.9. The minimum absolute atomic E-state index is 0.0473. The molecule has 1 heterocycles. The zero-order valence-corrected chi connectivity index (χ0v) is 20.8. The Morgan fingerprint density at radius 2 is 1.91 bits per heavy atom. The van der Waals surface area contributed by atoms with Crippen molar-refractivity contribution in [2.45, 2.75) is 69.9 Å². The third-order valence-electron chi connectivity index (χ3n) is 4.95. The van der Waals surface area contributed by atoms with E-state index in [1.807, 2.05) is 30.3 Å². The molecular weight excluding hydrogens is 454 g/mol. The summed E-state index contributed by atoms with van der Waals surface area (Å²) in [5.74, 6) is -1.46. The Morgan fingerprint density at radius 3 is 2.50 bits per heavy atom. The van der Waals surface area contributed by atoms with E-state index in [1.54, 1.807) is 0 Å². The lowest BCUT2D eigenvalue weighted by atomic mass is 9.96. The average molecular weight is 488 g/mol. The van der Waals surface area contributed by atoms with E-state index in [0.29, 0.717) is 13.2 Å². The molecule has 0 radical (unpaired) electrons. The molecule has 0 bridgehead atoms. The number of alkyl halides is 1. The summed E-state index contributed by atoms with van der Waals surface area (Å²) >= 11 is 5.60. The predicted octanol–water partition coefficient (Wildman–Crippen LogP) is 2.30. The molecule has 10 heteroatoms. The molecule has 1 aliphatic heterocycles. The summed E-state index contributed by atoms with van der Waals surface area (Å²) in [6.45, 7) is 8.79. The lowest BCUT2D eigenvalue weighted by Crippen LogP contribution is -2.65. The second-order valence-corrected chi connectivity index (χ2v) is 14.9. The van der Waals surface area contributed by atoms with E-state index in [9.17, 15) is 14.7 Å². The smallest absolute Gasteiger partial charge is 0.321 e. The normalized spacial score (nSPS) is 25.9. The Kier molecular flexibility index (Phi) is 10.6. The van der Waals surface area contributed by atoms with E-state index in [1.165, 1.54) is 6.92 Å². The summed E-state index contributed by atoms with van der Waals surface area (Å²) in [5, 5.41) is 13.6. The van der Waals surface area contributed by atoms with Gasteiger partial charge in [-0.1, -0.05) is 50.0 Å². The van der Waals surface area contributed by atoms with Crippen molar-refractivity contribution in [1.82, 2.24) is 5.32 Å². The maximum Gasteiger partial charge on any atom is 0.321 e. The van der Waals surface area contributed by atoms with Crippen molar-refractivity contribution in [3.63, 3.8) is 0 Å². The summed E-state index contributed by atoms with van der Waals surface area (Å²) in [5.41, 5.74) is 0.974. The van der Waals surface area contributed by atoms with Crippen molar-refractivity contribution in [2.24, 2.45) is 0 Å². The molecule has 1 aliphatic rings. The number of esters is 1. The average Bonchev–Trinajstić information content (AvgIpc) is 2.72. The quantitative estimate of drug-likeness (QED) is 0.280. The highest BCUT2D eigenvalue weighted by Crippen LogP contribution is 2.26. The van der Waals surface area contributed by atoms with E-state index >= 15 is 0 Å². The van der Waals surface area contributed by atoms with Gasteiger partial charge < -0.3 is 29.4 Å². The molecule has 180 valence electrons. The van der Waals surface area contributed by atoms with Crippen molar-refractivity contribution < 1.29 is 33.6 Å². The number of halogens is 1. The largest absolute Gasteiger partial charge is 0.456 e. The number of hydrogen-bond acceptors (Lipinski definition) is 7. The first kappa shape index (κ1) is 26.8. The first-order chi connectivity index (χ1) is 15.1. The van der Waals surface area contributed by atoms with Crippen molar-refractivity contribution >= 4 is 31.6 Å². The number of amides is 1. The van der Waals surface area contributed by atoms with Gasteiger partial charge in [-0.25, -0.2) is 0 Å². The number of carbonyl (C=O) groups is 2. The van der Waals surface area contributed by atoms with Crippen LogP contribution in [0.2, 0.25) is 25.7 Å². The van der Waals surface area contributed by atoms with Gasteiger partial charge in [-0.2, -0.15) is 0 Å². The van der Waals surface area contributed by atoms with Gasteiger partial charge in [0.2, 0.25) is 5.91 Å². The van der Waals surface area contributed by atoms with Crippen LogP contribution in [0.3, 0.4) is 0 Å². The molecule has 1 aromatic carbocycles. The second-order valence-electron chi connectivity index (χ2n) is 9.03. The summed E-state index contributed by atoms with van der Waals surface area (Å²) in [6, 6.07) is 9.58. The van der Waals surface area contributed by atoms with Crippen LogP contribution in [0.5, 0.6) is 0 Å². The van der Waals surface area contributed by atoms with E-state index < -0.39 is 44.7 Å². The van der Waals surface area contributed by atoms with E-state index in [0.717, 1.165) is 11.6 Å². The van der Waals surface area contributed by atoms with Crippen molar-refractivity contribution in [3.8, 4) is 0 Å². The number of nitrogens with one attached hydrogen (secondary N) is 1. The summed E-state index contributed by atoms with van der Waals surface area (Å²) in [4.78, 5) is 23.7. The van der Waals surface area contributed by atoms with Crippen molar-refractivity contribution in [2.75, 3.05) is 19.1 Å². The van der Waals surface area contributed by atoms with Gasteiger partial charge in [0.25, 0.3) is 0 Å². The predicted molar refractivity (Wildman–Crippen MR) is 123 cm³/mol.